The summed E-state index contributed by atoms with van der Waals surface area (Å²) in [5.74, 6) is 0.799. The number of hydrogen-bond acceptors (Lipinski definition) is 3. The predicted molar refractivity (Wildman–Crippen MR) is 100 cm³/mol. The van der Waals surface area contributed by atoms with Gasteiger partial charge in [-0.1, -0.05) is 40.2 Å². The molecule has 0 aliphatic heterocycles. The fourth-order valence-corrected chi connectivity index (χ4v) is 2.61. The molecule has 0 radical (unpaired) electrons. The van der Waals surface area contributed by atoms with Crippen molar-refractivity contribution in [3.05, 3.63) is 64.1 Å². The van der Waals surface area contributed by atoms with Crippen LogP contribution in [0.15, 0.2) is 58.1 Å². The number of benzene rings is 2. The number of carbonyl (C=O) groups is 1. The highest BCUT2D eigenvalue weighted by molar-refractivity contribution is 9.10. The van der Waals surface area contributed by atoms with Gasteiger partial charge in [-0.15, -0.1) is 0 Å². The Hall–Kier alpha value is -2.14. The number of hydrazone groups is 1. The maximum Gasteiger partial charge on any atom is 0.240 e. The molecule has 2 rings (SSSR count). The lowest BCUT2D eigenvalue weighted by Crippen LogP contribution is -2.17. The summed E-state index contributed by atoms with van der Waals surface area (Å²) in [5.41, 5.74) is 4.69. The van der Waals surface area contributed by atoms with Gasteiger partial charge in [-0.2, -0.15) is 5.10 Å². The van der Waals surface area contributed by atoms with Crippen molar-refractivity contribution in [3.8, 4) is 5.75 Å². The summed E-state index contributed by atoms with van der Waals surface area (Å²) < 4.78 is 6.39. The van der Waals surface area contributed by atoms with Crippen LogP contribution < -0.4 is 10.2 Å². The van der Waals surface area contributed by atoms with Gasteiger partial charge < -0.3 is 4.74 Å². The van der Waals surface area contributed by atoms with Crippen molar-refractivity contribution in [1.82, 2.24) is 5.43 Å². The zero-order chi connectivity index (χ0) is 17.2. The highest BCUT2D eigenvalue weighted by Gasteiger charge is 2.01. The quantitative estimate of drug-likeness (QED) is 0.540. The van der Waals surface area contributed by atoms with Gasteiger partial charge in [0, 0.05) is 10.9 Å². The highest BCUT2D eigenvalue weighted by atomic mass is 79.9. The Morgan fingerprint density at radius 3 is 2.75 bits per heavy atom. The molecule has 24 heavy (non-hydrogen) atoms. The lowest BCUT2D eigenvalue weighted by atomic mass is 10.1. The topological polar surface area (TPSA) is 50.7 Å². The molecule has 126 valence electrons. The summed E-state index contributed by atoms with van der Waals surface area (Å²) in [6.07, 6.45) is 3.72. The van der Waals surface area contributed by atoms with Gasteiger partial charge in [-0.05, 0) is 55.2 Å². The second kappa shape index (κ2) is 9.88. The fraction of sp³-hybridized carbons (Fsp3) is 0.263. The Kier molecular flexibility index (Phi) is 7.49. The van der Waals surface area contributed by atoms with Gasteiger partial charge >= 0.3 is 0 Å². The van der Waals surface area contributed by atoms with Crippen molar-refractivity contribution in [2.45, 2.75) is 26.2 Å². The van der Waals surface area contributed by atoms with Crippen LogP contribution in [0.1, 0.15) is 30.9 Å². The van der Waals surface area contributed by atoms with E-state index in [4.69, 9.17) is 4.74 Å². The Morgan fingerprint density at radius 2 is 2.04 bits per heavy atom. The minimum absolute atomic E-state index is 0.0767. The summed E-state index contributed by atoms with van der Waals surface area (Å²) >= 11 is 3.40. The Bertz CT molecular complexity index is 684. The molecule has 0 fully saturated rings. The first-order valence-electron chi connectivity index (χ1n) is 7.96. The van der Waals surface area contributed by atoms with Gasteiger partial charge in [-0.3, -0.25) is 4.79 Å². The van der Waals surface area contributed by atoms with E-state index in [1.807, 2.05) is 55.5 Å². The van der Waals surface area contributed by atoms with Gasteiger partial charge in [0.25, 0.3) is 0 Å². The molecule has 1 N–H and O–H groups in total. The number of rotatable bonds is 8. The molecule has 0 unspecified atom stereocenters. The average molecular weight is 389 g/mol. The van der Waals surface area contributed by atoms with Gasteiger partial charge in [0.2, 0.25) is 5.91 Å². The van der Waals surface area contributed by atoms with Crippen LogP contribution in [-0.2, 0) is 11.2 Å². The summed E-state index contributed by atoms with van der Waals surface area (Å²) in [5, 5.41) is 3.98. The van der Waals surface area contributed by atoms with Crippen molar-refractivity contribution in [3.63, 3.8) is 0 Å². The number of halogens is 1. The molecule has 0 atom stereocenters. The Balaban J connectivity index is 1.69. The zero-order valence-electron chi connectivity index (χ0n) is 13.7. The first-order chi connectivity index (χ1) is 11.7. The smallest absolute Gasteiger partial charge is 0.240 e. The number of carbonyl (C=O) groups excluding carboxylic acids is 1. The average Bonchev–Trinajstić information content (AvgIpc) is 2.57. The number of nitrogens with one attached hydrogen (secondary N) is 1. The summed E-state index contributed by atoms with van der Waals surface area (Å²) in [6.45, 7) is 2.63. The van der Waals surface area contributed by atoms with E-state index in [9.17, 15) is 4.79 Å². The van der Waals surface area contributed by atoms with Crippen LogP contribution in [0.4, 0.5) is 0 Å². The molecule has 2 aromatic rings. The molecule has 0 aromatic heterocycles. The van der Waals surface area contributed by atoms with Crippen LogP contribution in [-0.4, -0.2) is 18.7 Å². The van der Waals surface area contributed by atoms with Crippen molar-refractivity contribution >= 4 is 28.1 Å². The zero-order valence-corrected chi connectivity index (χ0v) is 15.3. The summed E-state index contributed by atoms with van der Waals surface area (Å²) in [7, 11) is 0. The first-order valence-corrected chi connectivity index (χ1v) is 8.76. The van der Waals surface area contributed by atoms with Crippen molar-refractivity contribution in [1.29, 1.82) is 0 Å². The lowest BCUT2D eigenvalue weighted by molar-refractivity contribution is -0.121. The lowest BCUT2D eigenvalue weighted by Gasteiger charge is -2.05. The number of hydrogen-bond donors (Lipinski definition) is 1. The molecule has 5 heteroatoms. The van der Waals surface area contributed by atoms with E-state index in [-0.39, 0.29) is 5.91 Å². The van der Waals surface area contributed by atoms with Crippen LogP contribution >= 0.6 is 15.9 Å². The van der Waals surface area contributed by atoms with Crippen LogP contribution in [0.25, 0.3) is 0 Å². The van der Waals surface area contributed by atoms with Crippen LogP contribution in [0.3, 0.4) is 0 Å². The number of amides is 1. The van der Waals surface area contributed by atoms with Gasteiger partial charge in [0.05, 0.1) is 12.8 Å². The SMILES string of the molecule is CCOc1ccc(CCCC(=O)N/N=C\c2cccc(Br)c2)cc1. The second-order valence-corrected chi connectivity index (χ2v) is 6.19. The van der Waals surface area contributed by atoms with E-state index in [1.165, 1.54) is 5.56 Å². The van der Waals surface area contributed by atoms with Crippen molar-refractivity contribution in [2.75, 3.05) is 6.61 Å². The molecular weight excluding hydrogens is 368 g/mol. The molecule has 0 aliphatic carbocycles. The Morgan fingerprint density at radius 1 is 1.25 bits per heavy atom. The standard InChI is InChI=1S/C19H21BrN2O2/c1-2-24-18-11-9-15(10-12-18)5-4-8-19(23)22-21-14-16-6-3-7-17(20)13-16/h3,6-7,9-14H,2,4-5,8H2,1H3,(H,22,23)/b21-14-. The van der Waals surface area contributed by atoms with Gasteiger partial charge in [0.15, 0.2) is 0 Å². The molecule has 2 aromatic carbocycles. The normalized spacial score (nSPS) is 10.8. The van der Waals surface area contributed by atoms with Crippen molar-refractivity contribution in [2.24, 2.45) is 5.10 Å². The third-order valence-corrected chi connectivity index (χ3v) is 3.85. The molecule has 0 bridgehead atoms. The number of aryl methyl sites for hydroxylation is 1. The largest absolute Gasteiger partial charge is 0.494 e. The van der Waals surface area contributed by atoms with E-state index in [2.05, 4.69) is 26.5 Å². The predicted octanol–water partition coefficient (Wildman–Crippen LogP) is 4.32. The Labute approximate surface area is 151 Å². The molecule has 0 spiro atoms. The van der Waals surface area contributed by atoms with E-state index in [1.54, 1.807) is 6.21 Å². The van der Waals surface area contributed by atoms with E-state index in [0.29, 0.717) is 13.0 Å². The number of nitrogens with zero attached hydrogens (tertiary/aromatic N) is 1. The molecule has 0 heterocycles. The van der Waals surface area contributed by atoms with Crippen LogP contribution in [0.5, 0.6) is 5.75 Å². The minimum atomic E-state index is -0.0767. The second-order valence-electron chi connectivity index (χ2n) is 5.28. The molecule has 0 saturated heterocycles. The molecule has 0 aliphatic rings. The third-order valence-electron chi connectivity index (χ3n) is 3.36. The summed E-state index contributed by atoms with van der Waals surface area (Å²) in [6, 6.07) is 15.7. The fourth-order valence-electron chi connectivity index (χ4n) is 2.19. The summed E-state index contributed by atoms with van der Waals surface area (Å²) in [4.78, 5) is 11.8. The molecule has 4 nitrogen and oxygen atoms in total. The van der Waals surface area contributed by atoms with E-state index >= 15 is 0 Å². The first kappa shape index (κ1) is 18.2. The minimum Gasteiger partial charge on any atom is -0.494 e. The third kappa shape index (κ3) is 6.54. The van der Waals surface area contributed by atoms with Gasteiger partial charge in [-0.25, -0.2) is 5.43 Å². The monoisotopic (exact) mass is 388 g/mol. The number of ether oxygens (including phenoxy) is 1. The van der Waals surface area contributed by atoms with E-state index < -0.39 is 0 Å². The van der Waals surface area contributed by atoms with Gasteiger partial charge in [0.1, 0.15) is 5.75 Å². The van der Waals surface area contributed by atoms with Crippen molar-refractivity contribution < 1.29 is 9.53 Å². The molecule has 0 saturated carbocycles. The maximum atomic E-state index is 11.8. The van der Waals surface area contributed by atoms with E-state index in [0.717, 1.165) is 28.6 Å². The van der Waals surface area contributed by atoms with Crippen LogP contribution in [0.2, 0.25) is 0 Å². The molecule has 1 amide bonds. The van der Waals surface area contributed by atoms with Crippen LogP contribution in [0, 0.1) is 0 Å². The molecular formula is C19H21BrN2O2. The highest BCUT2D eigenvalue weighted by Crippen LogP contribution is 2.14. The maximum absolute atomic E-state index is 11.8.